The maximum Gasteiger partial charge on any atom is 0.254 e. The van der Waals surface area contributed by atoms with Gasteiger partial charge in [-0.3, -0.25) is 9.59 Å². The van der Waals surface area contributed by atoms with E-state index in [1.54, 1.807) is 65.3 Å². The lowest BCUT2D eigenvalue weighted by atomic mass is 10.0. The summed E-state index contributed by atoms with van der Waals surface area (Å²) in [5.41, 5.74) is 3.96. The van der Waals surface area contributed by atoms with Gasteiger partial charge in [-0.05, 0) is 66.6 Å². The minimum absolute atomic E-state index is 0.214. The zero-order valence-corrected chi connectivity index (χ0v) is 24.7. The van der Waals surface area contributed by atoms with Crippen molar-refractivity contribution in [1.29, 1.82) is 0 Å². The van der Waals surface area contributed by atoms with Gasteiger partial charge in [-0.15, -0.1) is 0 Å². The number of ether oxygens (including phenoxy) is 2. The number of aldehydes is 1. The van der Waals surface area contributed by atoms with Crippen molar-refractivity contribution in [2.45, 2.75) is 45.9 Å². The largest absolute Gasteiger partial charge is 0.493 e. The van der Waals surface area contributed by atoms with E-state index in [0.29, 0.717) is 47.9 Å². The maximum atomic E-state index is 13.9. The van der Waals surface area contributed by atoms with Crippen molar-refractivity contribution in [2.75, 3.05) is 20.3 Å². The van der Waals surface area contributed by atoms with E-state index in [4.69, 9.17) is 9.47 Å². The van der Waals surface area contributed by atoms with Crippen LogP contribution < -0.4 is 4.74 Å². The van der Waals surface area contributed by atoms with Gasteiger partial charge in [0.15, 0.2) is 0 Å². The first-order valence-electron chi connectivity index (χ1n) is 13.4. The molecule has 210 valence electrons. The highest BCUT2D eigenvalue weighted by atomic mass is 28.3. The molecule has 3 aromatic carbocycles. The lowest BCUT2D eigenvalue weighted by Crippen LogP contribution is -2.26. The second-order valence-corrected chi connectivity index (χ2v) is 16.7. The first-order chi connectivity index (χ1) is 19.1. The lowest BCUT2D eigenvalue weighted by molar-refractivity contribution is 0.0781. The third kappa shape index (κ3) is 7.03. The molecule has 1 aromatic heterocycles. The van der Waals surface area contributed by atoms with Gasteiger partial charge < -0.3 is 14.4 Å². The molecule has 0 saturated heterocycles. The molecule has 1 amide bonds. The van der Waals surface area contributed by atoms with Crippen molar-refractivity contribution in [1.82, 2.24) is 14.7 Å². The Balaban J connectivity index is 1.59. The van der Waals surface area contributed by atoms with Gasteiger partial charge in [-0.2, -0.15) is 5.10 Å². The quantitative estimate of drug-likeness (QED) is 0.110. The normalized spacial score (nSPS) is 11.6. The Hall–Kier alpha value is -3.82. The van der Waals surface area contributed by atoms with Crippen LogP contribution in [0.2, 0.25) is 25.7 Å². The standard InChI is InChI=1S/C31H36FN3O4Si/c1-6-39-29-17-24(10-11-28(29)23-8-7-9-27(32)16-23)31(37)34(2)19-26-15-22(20-36)14-25-18-33-35(30(25)26)21-38-12-13-40(3,4)5/h7-11,14-18,20H,6,12-13,19,21H2,1-5H3. The van der Waals surface area contributed by atoms with Crippen LogP contribution in [0.4, 0.5) is 4.39 Å². The number of amides is 1. The number of carbonyl (C=O) groups excluding carboxylic acids is 2. The smallest absolute Gasteiger partial charge is 0.254 e. The summed E-state index contributed by atoms with van der Waals surface area (Å²) >= 11 is 0. The summed E-state index contributed by atoms with van der Waals surface area (Å²) in [6, 6.07) is 16.1. The number of rotatable bonds is 12. The number of hydrogen-bond donors (Lipinski definition) is 0. The van der Waals surface area contributed by atoms with Crippen molar-refractivity contribution >= 4 is 31.2 Å². The molecule has 0 unspecified atom stereocenters. The molecule has 4 rings (SSSR count). The Morgan fingerprint density at radius 2 is 1.93 bits per heavy atom. The van der Waals surface area contributed by atoms with Crippen LogP contribution in [0.15, 0.2) is 60.8 Å². The zero-order chi connectivity index (χ0) is 28.9. The Morgan fingerprint density at radius 3 is 2.62 bits per heavy atom. The van der Waals surface area contributed by atoms with Crippen LogP contribution in [-0.4, -0.2) is 55.2 Å². The minimum atomic E-state index is -1.22. The molecular formula is C31H36FN3O4Si. The van der Waals surface area contributed by atoms with E-state index in [2.05, 4.69) is 24.7 Å². The lowest BCUT2D eigenvalue weighted by Gasteiger charge is -2.20. The molecule has 0 bridgehead atoms. The SMILES string of the molecule is CCOc1cc(C(=O)N(C)Cc2cc(C=O)cc3cnn(COCC[Si](C)(C)C)c23)ccc1-c1cccc(F)c1. The maximum absolute atomic E-state index is 13.9. The molecule has 0 N–H and O–H groups in total. The van der Waals surface area contributed by atoms with Gasteiger partial charge in [0.2, 0.25) is 0 Å². The second kappa shape index (κ2) is 12.6. The number of fused-ring (bicyclic) bond motifs is 1. The Bertz CT molecular complexity index is 1510. The van der Waals surface area contributed by atoms with E-state index >= 15 is 0 Å². The highest BCUT2D eigenvalue weighted by molar-refractivity contribution is 6.76. The van der Waals surface area contributed by atoms with E-state index < -0.39 is 8.07 Å². The van der Waals surface area contributed by atoms with E-state index in [0.717, 1.165) is 28.8 Å². The number of benzene rings is 3. The third-order valence-electron chi connectivity index (χ3n) is 6.60. The van der Waals surface area contributed by atoms with Gasteiger partial charge in [0.25, 0.3) is 5.91 Å². The first-order valence-corrected chi connectivity index (χ1v) is 17.1. The van der Waals surface area contributed by atoms with E-state index in [1.807, 2.05) is 6.92 Å². The van der Waals surface area contributed by atoms with Crippen molar-refractivity contribution in [3.63, 3.8) is 0 Å². The average molecular weight is 562 g/mol. The first kappa shape index (κ1) is 29.2. The highest BCUT2D eigenvalue weighted by Crippen LogP contribution is 2.32. The Morgan fingerprint density at radius 1 is 1.12 bits per heavy atom. The van der Waals surface area contributed by atoms with Crippen LogP contribution in [0, 0.1) is 5.82 Å². The van der Waals surface area contributed by atoms with Gasteiger partial charge in [0.05, 0.1) is 18.3 Å². The van der Waals surface area contributed by atoms with E-state index in [9.17, 15) is 14.0 Å². The highest BCUT2D eigenvalue weighted by Gasteiger charge is 2.19. The Kier molecular flexibility index (Phi) is 9.16. The molecule has 7 nitrogen and oxygen atoms in total. The topological polar surface area (TPSA) is 73.7 Å². The summed E-state index contributed by atoms with van der Waals surface area (Å²) in [5, 5.41) is 5.31. The Labute approximate surface area is 235 Å². The van der Waals surface area contributed by atoms with E-state index in [1.165, 1.54) is 12.1 Å². The van der Waals surface area contributed by atoms with Crippen molar-refractivity contribution in [2.24, 2.45) is 0 Å². The molecule has 0 fully saturated rings. The minimum Gasteiger partial charge on any atom is -0.493 e. The number of aromatic nitrogens is 2. The molecular weight excluding hydrogens is 525 g/mol. The van der Waals surface area contributed by atoms with Gasteiger partial charge in [0, 0.05) is 50.3 Å². The number of hydrogen-bond acceptors (Lipinski definition) is 5. The predicted octanol–water partition coefficient (Wildman–Crippen LogP) is 6.64. The molecule has 1 heterocycles. The third-order valence-corrected chi connectivity index (χ3v) is 8.30. The fourth-order valence-electron chi connectivity index (χ4n) is 4.54. The fourth-order valence-corrected chi connectivity index (χ4v) is 5.29. The molecule has 0 aliphatic rings. The van der Waals surface area contributed by atoms with Crippen molar-refractivity contribution in [3.05, 3.63) is 83.3 Å². The molecule has 9 heteroatoms. The average Bonchev–Trinajstić information content (AvgIpc) is 3.33. The second-order valence-electron chi connectivity index (χ2n) is 11.0. The molecule has 0 saturated carbocycles. The summed E-state index contributed by atoms with van der Waals surface area (Å²) in [4.78, 5) is 26.8. The molecule has 40 heavy (non-hydrogen) atoms. The summed E-state index contributed by atoms with van der Waals surface area (Å²) in [5.74, 6) is -0.0514. The van der Waals surface area contributed by atoms with Gasteiger partial charge in [-0.1, -0.05) is 31.8 Å². The van der Waals surface area contributed by atoms with Crippen LogP contribution in [0.3, 0.4) is 0 Å². The number of nitrogens with zero attached hydrogens (tertiary/aromatic N) is 3. The van der Waals surface area contributed by atoms with Gasteiger partial charge >= 0.3 is 0 Å². The van der Waals surface area contributed by atoms with Gasteiger partial charge in [-0.25, -0.2) is 9.07 Å². The molecule has 4 aromatic rings. The molecule has 0 aliphatic heterocycles. The van der Waals surface area contributed by atoms with Crippen LogP contribution in [0.25, 0.3) is 22.0 Å². The monoisotopic (exact) mass is 561 g/mol. The number of carbonyl (C=O) groups is 2. The molecule has 0 aliphatic carbocycles. The summed E-state index contributed by atoms with van der Waals surface area (Å²) in [6.45, 7) is 10.4. The molecule has 0 atom stereocenters. The van der Waals surface area contributed by atoms with Crippen molar-refractivity contribution < 1.29 is 23.5 Å². The zero-order valence-electron chi connectivity index (χ0n) is 23.7. The van der Waals surface area contributed by atoms with Crippen LogP contribution in [-0.2, 0) is 18.0 Å². The van der Waals surface area contributed by atoms with Crippen LogP contribution in [0.1, 0.15) is 33.2 Å². The van der Waals surface area contributed by atoms with Gasteiger partial charge in [0.1, 0.15) is 24.6 Å². The summed E-state index contributed by atoms with van der Waals surface area (Å²) < 4.78 is 27.4. The number of halogens is 1. The predicted molar refractivity (Wildman–Crippen MR) is 158 cm³/mol. The summed E-state index contributed by atoms with van der Waals surface area (Å²) in [6.07, 6.45) is 2.51. The summed E-state index contributed by atoms with van der Waals surface area (Å²) in [7, 11) is 0.495. The molecule has 0 radical (unpaired) electrons. The van der Waals surface area contributed by atoms with Crippen molar-refractivity contribution in [3.8, 4) is 16.9 Å². The fraction of sp³-hybridized carbons (Fsp3) is 0.323. The van der Waals surface area contributed by atoms with Crippen LogP contribution in [0.5, 0.6) is 5.75 Å². The molecule has 0 spiro atoms. The van der Waals surface area contributed by atoms with Crippen LogP contribution >= 0.6 is 0 Å². The van der Waals surface area contributed by atoms with E-state index in [-0.39, 0.29) is 18.3 Å².